The van der Waals surface area contributed by atoms with E-state index in [0.717, 1.165) is 48.9 Å². The molecule has 0 fully saturated rings. The van der Waals surface area contributed by atoms with E-state index in [1.165, 1.54) is 0 Å². The Kier molecular flexibility index (Phi) is 3.88. The molecule has 0 unspecified atom stereocenters. The first-order chi connectivity index (χ1) is 15.1. The second-order valence-corrected chi connectivity index (χ2v) is 8.48. The van der Waals surface area contributed by atoms with Crippen molar-refractivity contribution in [2.24, 2.45) is 0 Å². The van der Waals surface area contributed by atoms with Gasteiger partial charge in [0.2, 0.25) is 0 Å². The van der Waals surface area contributed by atoms with Crippen LogP contribution in [0.1, 0.15) is 0 Å². The maximum Gasteiger partial charge on any atom is 0.291 e. The molecule has 5 aromatic carbocycles. The molecule has 0 bridgehead atoms. The number of rotatable bonds is 2. The van der Waals surface area contributed by atoms with Gasteiger partial charge >= 0.3 is 0 Å². The number of hydrogen-bond acceptors (Lipinski definition) is 2. The van der Waals surface area contributed by atoms with Gasteiger partial charge < -0.3 is 4.98 Å². The van der Waals surface area contributed by atoms with Crippen molar-refractivity contribution in [2.45, 2.75) is 0 Å². The zero-order valence-corrected chi connectivity index (χ0v) is 17.8. The van der Waals surface area contributed by atoms with Crippen LogP contribution in [0.15, 0.2) is 89.4 Å². The van der Waals surface area contributed by atoms with Crippen LogP contribution in [0.25, 0.3) is 54.5 Å². The number of H-pyrrole nitrogens is 1. The first-order valence-corrected chi connectivity index (χ1v) is 10.7. The number of benzene rings is 5. The van der Waals surface area contributed by atoms with Crippen LogP contribution in [0, 0.1) is 10.1 Å². The van der Waals surface area contributed by atoms with E-state index in [9.17, 15) is 10.1 Å². The summed E-state index contributed by atoms with van der Waals surface area (Å²) in [5, 5.41) is 18.2. The summed E-state index contributed by atoms with van der Waals surface area (Å²) in [5.41, 5.74) is 3.68. The standard InChI is InChI=1S/C26H15BrN2O2/c27-22-13-15-7-1-2-8-16(15)24(26(22)29(30)31)20-14-21-18-10-5-6-12-23(18)28-25(21)19-11-4-3-9-17(19)20/h1-14,28H. The van der Waals surface area contributed by atoms with Gasteiger partial charge in [0.05, 0.1) is 20.5 Å². The van der Waals surface area contributed by atoms with Gasteiger partial charge in [0.1, 0.15) is 0 Å². The Hall–Kier alpha value is -3.70. The van der Waals surface area contributed by atoms with Gasteiger partial charge in [0.15, 0.2) is 0 Å². The van der Waals surface area contributed by atoms with E-state index < -0.39 is 0 Å². The van der Waals surface area contributed by atoms with Gasteiger partial charge in [-0.15, -0.1) is 0 Å². The van der Waals surface area contributed by atoms with Crippen molar-refractivity contribution in [2.75, 3.05) is 0 Å². The minimum atomic E-state index is -0.292. The Morgan fingerprint density at radius 2 is 1.39 bits per heavy atom. The summed E-state index contributed by atoms with van der Waals surface area (Å²) in [6, 6.07) is 28.0. The summed E-state index contributed by atoms with van der Waals surface area (Å²) in [5.74, 6) is 0. The van der Waals surface area contributed by atoms with E-state index in [-0.39, 0.29) is 10.6 Å². The number of fused-ring (bicyclic) bond motifs is 6. The first kappa shape index (κ1) is 18.1. The molecule has 1 N–H and O–H groups in total. The SMILES string of the molecule is O=[N+]([O-])c1c(Br)cc2ccccc2c1-c1cc2c3ccccc3[nH]c2c2ccccc12. The molecule has 0 spiro atoms. The smallest absolute Gasteiger partial charge is 0.291 e. The summed E-state index contributed by atoms with van der Waals surface area (Å²) < 4.78 is 0.481. The molecule has 0 aliphatic carbocycles. The molecule has 4 nitrogen and oxygen atoms in total. The summed E-state index contributed by atoms with van der Waals surface area (Å²) in [6.45, 7) is 0. The number of aromatic nitrogens is 1. The largest absolute Gasteiger partial charge is 0.354 e. The number of nitrogens with zero attached hydrogens (tertiary/aromatic N) is 1. The molecule has 31 heavy (non-hydrogen) atoms. The van der Waals surface area contributed by atoms with Gasteiger partial charge in [-0.25, -0.2) is 0 Å². The molecule has 0 aliphatic rings. The Morgan fingerprint density at radius 3 is 2.16 bits per heavy atom. The van der Waals surface area contributed by atoms with E-state index in [1.807, 2.05) is 60.7 Å². The van der Waals surface area contributed by atoms with E-state index in [2.05, 4.69) is 45.2 Å². The van der Waals surface area contributed by atoms with Gasteiger partial charge in [-0.2, -0.15) is 0 Å². The third-order valence-corrected chi connectivity index (χ3v) is 6.55. The molecular formula is C26H15BrN2O2. The zero-order valence-electron chi connectivity index (χ0n) is 16.2. The zero-order chi connectivity index (χ0) is 21.1. The number of hydrogen-bond donors (Lipinski definition) is 1. The minimum absolute atomic E-state index is 0.0862. The van der Waals surface area contributed by atoms with Crippen molar-refractivity contribution in [3.8, 4) is 11.1 Å². The lowest BCUT2D eigenvalue weighted by Gasteiger charge is -2.13. The third-order valence-electron chi connectivity index (χ3n) is 5.95. The summed E-state index contributed by atoms with van der Waals surface area (Å²) >= 11 is 3.46. The molecule has 148 valence electrons. The average molecular weight is 467 g/mol. The van der Waals surface area contributed by atoms with Gasteiger partial charge in [-0.3, -0.25) is 10.1 Å². The predicted molar refractivity (Wildman–Crippen MR) is 131 cm³/mol. The van der Waals surface area contributed by atoms with Crippen molar-refractivity contribution in [3.05, 3.63) is 99.5 Å². The lowest BCUT2D eigenvalue weighted by molar-refractivity contribution is -0.384. The van der Waals surface area contributed by atoms with E-state index in [1.54, 1.807) is 0 Å². The Bertz CT molecular complexity index is 1680. The van der Waals surface area contributed by atoms with E-state index in [0.29, 0.717) is 10.0 Å². The number of nitrogens with one attached hydrogen (secondary N) is 1. The minimum Gasteiger partial charge on any atom is -0.354 e. The monoisotopic (exact) mass is 466 g/mol. The van der Waals surface area contributed by atoms with Crippen molar-refractivity contribution in [3.63, 3.8) is 0 Å². The molecule has 1 heterocycles. The lowest BCUT2D eigenvalue weighted by Crippen LogP contribution is -1.96. The molecular weight excluding hydrogens is 452 g/mol. The van der Waals surface area contributed by atoms with Gasteiger partial charge in [0.25, 0.3) is 5.69 Å². The van der Waals surface area contributed by atoms with Gasteiger partial charge in [0, 0.05) is 21.7 Å². The van der Waals surface area contributed by atoms with Crippen molar-refractivity contribution in [1.29, 1.82) is 0 Å². The van der Waals surface area contributed by atoms with Crippen LogP contribution in [0.3, 0.4) is 0 Å². The highest BCUT2D eigenvalue weighted by Gasteiger charge is 2.25. The first-order valence-electron chi connectivity index (χ1n) is 9.91. The summed E-state index contributed by atoms with van der Waals surface area (Å²) in [7, 11) is 0. The van der Waals surface area contributed by atoms with Crippen LogP contribution in [0.5, 0.6) is 0 Å². The fraction of sp³-hybridized carbons (Fsp3) is 0. The number of halogens is 1. The molecule has 0 saturated carbocycles. The fourth-order valence-electron chi connectivity index (χ4n) is 4.64. The topological polar surface area (TPSA) is 58.9 Å². The molecule has 1 aromatic heterocycles. The maximum absolute atomic E-state index is 12.2. The van der Waals surface area contributed by atoms with Crippen LogP contribution < -0.4 is 0 Å². The number of nitro benzene ring substituents is 1. The summed E-state index contributed by atoms with van der Waals surface area (Å²) in [6.07, 6.45) is 0. The highest BCUT2D eigenvalue weighted by atomic mass is 79.9. The quantitative estimate of drug-likeness (QED) is 0.207. The van der Waals surface area contributed by atoms with E-state index in [4.69, 9.17) is 0 Å². The van der Waals surface area contributed by atoms with Crippen LogP contribution in [-0.2, 0) is 0 Å². The Labute approximate surface area is 185 Å². The molecule has 0 atom stereocenters. The van der Waals surface area contributed by atoms with Crippen LogP contribution in [0.2, 0.25) is 0 Å². The predicted octanol–water partition coefficient (Wildman–Crippen LogP) is 7.97. The normalized spacial score (nSPS) is 11.6. The molecule has 0 aliphatic heterocycles. The lowest BCUT2D eigenvalue weighted by atomic mass is 9.91. The second kappa shape index (κ2) is 6.65. The highest BCUT2D eigenvalue weighted by Crippen LogP contribution is 2.46. The third kappa shape index (κ3) is 2.60. The Balaban J connectivity index is 1.89. The molecule has 6 rings (SSSR count). The van der Waals surface area contributed by atoms with Crippen LogP contribution in [0.4, 0.5) is 5.69 Å². The van der Waals surface area contributed by atoms with Gasteiger partial charge in [-0.05, 0) is 55.9 Å². The number of nitro groups is 1. The second-order valence-electron chi connectivity index (χ2n) is 7.62. The average Bonchev–Trinajstić information content (AvgIpc) is 3.16. The number of para-hydroxylation sites is 1. The molecule has 6 aromatic rings. The Morgan fingerprint density at radius 1 is 0.742 bits per heavy atom. The maximum atomic E-state index is 12.2. The van der Waals surface area contributed by atoms with Crippen LogP contribution in [-0.4, -0.2) is 9.91 Å². The van der Waals surface area contributed by atoms with Gasteiger partial charge in [-0.1, -0.05) is 66.7 Å². The molecule has 0 amide bonds. The van der Waals surface area contributed by atoms with Crippen LogP contribution >= 0.6 is 15.9 Å². The van der Waals surface area contributed by atoms with Crippen molar-refractivity contribution in [1.82, 2.24) is 4.98 Å². The van der Waals surface area contributed by atoms with Crippen molar-refractivity contribution >= 4 is 65.0 Å². The highest BCUT2D eigenvalue weighted by molar-refractivity contribution is 9.10. The number of aromatic amines is 1. The van der Waals surface area contributed by atoms with E-state index >= 15 is 0 Å². The van der Waals surface area contributed by atoms with Crippen molar-refractivity contribution < 1.29 is 4.92 Å². The summed E-state index contributed by atoms with van der Waals surface area (Å²) in [4.78, 5) is 15.4. The molecule has 5 heteroatoms. The fourth-order valence-corrected chi connectivity index (χ4v) is 5.23. The molecule has 0 saturated heterocycles. The molecule has 0 radical (unpaired) electrons.